The number of hydrogen-bond donors (Lipinski definition) is 0. The van der Waals surface area contributed by atoms with Gasteiger partial charge in [-0.2, -0.15) is 0 Å². The van der Waals surface area contributed by atoms with E-state index in [0.29, 0.717) is 0 Å². The normalized spacial score (nSPS) is 12.6. The Kier molecular flexibility index (Phi) is 5.48. The molecule has 0 heterocycles. The van der Waals surface area contributed by atoms with Crippen LogP contribution in [0.15, 0.2) is 54.1 Å². The lowest BCUT2D eigenvalue weighted by molar-refractivity contribution is 0.939. The van der Waals surface area contributed by atoms with E-state index in [9.17, 15) is 0 Å². The van der Waals surface area contributed by atoms with Crippen LogP contribution in [0.5, 0.6) is 0 Å². The van der Waals surface area contributed by atoms with E-state index in [4.69, 9.17) is 0 Å². The summed E-state index contributed by atoms with van der Waals surface area (Å²) in [7, 11) is 0. The molecule has 0 heteroatoms. The lowest BCUT2D eigenvalue weighted by Crippen LogP contribution is -1.87. The van der Waals surface area contributed by atoms with Crippen molar-refractivity contribution in [2.45, 2.75) is 33.6 Å². The van der Waals surface area contributed by atoms with E-state index >= 15 is 0 Å². The summed E-state index contributed by atoms with van der Waals surface area (Å²) in [6, 6.07) is 8.62. The SMILES string of the molecule is C=Cc1ccc(CC/C(C)=C\C(C)=C/C)cc1. The van der Waals surface area contributed by atoms with Crippen LogP contribution in [0, 0.1) is 0 Å². The highest BCUT2D eigenvalue weighted by Gasteiger charge is 1.95. The summed E-state index contributed by atoms with van der Waals surface area (Å²) < 4.78 is 0. The lowest BCUT2D eigenvalue weighted by atomic mass is 10.0. The second-order valence-electron chi connectivity index (χ2n) is 4.47. The Morgan fingerprint density at radius 1 is 1.18 bits per heavy atom. The second kappa shape index (κ2) is 6.90. The topological polar surface area (TPSA) is 0 Å². The zero-order chi connectivity index (χ0) is 12.7. The third-order valence-corrected chi connectivity index (χ3v) is 2.95. The first-order chi connectivity index (χ1) is 8.15. The van der Waals surface area contributed by atoms with Crippen LogP contribution in [0.3, 0.4) is 0 Å². The van der Waals surface area contributed by atoms with E-state index in [2.05, 4.69) is 63.8 Å². The quantitative estimate of drug-likeness (QED) is 0.607. The first-order valence-corrected chi connectivity index (χ1v) is 6.17. The van der Waals surface area contributed by atoms with Gasteiger partial charge in [-0.05, 0) is 44.7 Å². The van der Waals surface area contributed by atoms with Gasteiger partial charge in [-0.25, -0.2) is 0 Å². The van der Waals surface area contributed by atoms with E-state index in [-0.39, 0.29) is 0 Å². The van der Waals surface area contributed by atoms with Gasteiger partial charge >= 0.3 is 0 Å². The molecule has 0 N–H and O–H groups in total. The molecule has 0 radical (unpaired) electrons. The molecule has 0 aromatic heterocycles. The predicted molar refractivity (Wildman–Crippen MR) is 78.0 cm³/mol. The molecule has 0 saturated carbocycles. The maximum atomic E-state index is 3.76. The molecule has 0 aliphatic carbocycles. The van der Waals surface area contributed by atoms with Crippen LogP contribution < -0.4 is 0 Å². The summed E-state index contributed by atoms with van der Waals surface area (Å²) in [6.45, 7) is 10.2. The number of rotatable bonds is 5. The summed E-state index contributed by atoms with van der Waals surface area (Å²) in [5.41, 5.74) is 5.35. The van der Waals surface area contributed by atoms with Gasteiger partial charge in [0.25, 0.3) is 0 Å². The van der Waals surface area contributed by atoms with Crippen LogP contribution in [-0.2, 0) is 6.42 Å². The van der Waals surface area contributed by atoms with Gasteiger partial charge in [-0.15, -0.1) is 0 Å². The molecule has 1 aromatic rings. The van der Waals surface area contributed by atoms with Crippen molar-refractivity contribution in [1.29, 1.82) is 0 Å². The van der Waals surface area contributed by atoms with Crippen molar-refractivity contribution in [2.24, 2.45) is 0 Å². The molecule has 0 fully saturated rings. The molecule has 0 nitrogen and oxygen atoms in total. The Labute approximate surface area is 105 Å². The van der Waals surface area contributed by atoms with E-state index in [1.54, 1.807) is 0 Å². The maximum absolute atomic E-state index is 3.76. The molecule has 1 rings (SSSR count). The Balaban J connectivity index is 2.55. The average molecular weight is 226 g/mol. The Morgan fingerprint density at radius 3 is 2.35 bits per heavy atom. The van der Waals surface area contributed by atoms with Gasteiger partial charge in [0.15, 0.2) is 0 Å². The van der Waals surface area contributed by atoms with Gasteiger partial charge in [-0.1, -0.05) is 60.2 Å². The summed E-state index contributed by atoms with van der Waals surface area (Å²) in [6.07, 6.45) is 8.51. The van der Waals surface area contributed by atoms with Crippen LogP contribution in [0.2, 0.25) is 0 Å². The Hall–Kier alpha value is -1.56. The first-order valence-electron chi connectivity index (χ1n) is 6.17. The zero-order valence-electron chi connectivity index (χ0n) is 11.2. The predicted octanol–water partition coefficient (Wildman–Crippen LogP) is 5.17. The fourth-order valence-electron chi connectivity index (χ4n) is 1.71. The molecule has 0 aliphatic rings. The van der Waals surface area contributed by atoms with Gasteiger partial charge in [0.05, 0.1) is 0 Å². The monoisotopic (exact) mass is 226 g/mol. The van der Waals surface area contributed by atoms with Crippen LogP contribution in [-0.4, -0.2) is 0 Å². The molecule has 0 atom stereocenters. The summed E-state index contributed by atoms with van der Waals surface area (Å²) in [5, 5.41) is 0. The molecule has 0 aliphatic heterocycles. The molecule has 0 unspecified atom stereocenters. The molecule has 0 spiro atoms. The number of hydrogen-bond acceptors (Lipinski definition) is 0. The van der Waals surface area contributed by atoms with Crippen molar-refractivity contribution in [3.63, 3.8) is 0 Å². The number of aryl methyl sites for hydroxylation is 1. The highest BCUT2D eigenvalue weighted by atomic mass is 14.0. The molecule has 17 heavy (non-hydrogen) atoms. The lowest BCUT2D eigenvalue weighted by Gasteiger charge is -2.03. The van der Waals surface area contributed by atoms with Crippen LogP contribution in [0.25, 0.3) is 6.08 Å². The van der Waals surface area contributed by atoms with Gasteiger partial charge in [0.1, 0.15) is 0 Å². The average Bonchev–Trinajstić information content (AvgIpc) is 2.36. The standard InChI is InChI=1S/C17H22/c1-5-14(3)13-15(4)7-8-17-11-9-16(6-2)10-12-17/h5-6,9-13H,2,7-8H2,1,3-4H3/b14-5-,15-13-. The maximum Gasteiger partial charge on any atom is -0.0241 e. The number of allylic oxidation sites excluding steroid dienone is 4. The molecular formula is C17H22. The van der Waals surface area contributed by atoms with Crippen LogP contribution >= 0.6 is 0 Å². The number of benzene rings is 1. The van der Waals surface area contributed by atoms with E-state index in [1.807, 2.05) is 6.08 Å². The van der Waals surface area contributed by atoms with Crippen molar-refractivity contribution in [1.82, 2.24) is 0 Å². The third kappa shape index (κ3) is 4.86. The first kappa shape index (κ1) is 13.5. The highest BCUT2D eigenvalue weighted by molar-refractivity contribution is 5.47. The zero-order valence-corrected chi connectivity index (χ0v) is 11.2. The largest absolute Gasteiger partial charge is 0.0985 e. The van der Waals surface area contributed by atoms with E-state index in [0.717, 1.165) is 12.8 Å². The van der Waals surface area contributed by atoms with Gasteiger partial charge < -0.3 is 0 Å². The Bertz CT molecular complexity index is 416. The fourth-order valence-corrected chi connectivity index (χ4v) is 1.71. The second-order valence-corrected chi connectivity index (χ2v) is 4.47. The summed E-state index contributed by atoms with van der Waals surface area (Å²) in [4.78, 5) is 0. The molecule has 1 aromatic carbocycles. The van der Waals surface area contributed by atoms with Crippen molar-refractivity contribution in [2.75, 3.05) is 0 Å². The van der Waals surface area contributed by atoms with Gasteiger partial charge in [0.2, 0.25) is 0 Å². The minimum atomic E-state index is 1.11. The van der Waals surface area contributed by atoms with Crippen LogP contribution in [0.4, 0.5) is 0 Å². The third-order valence-electron chi connectivity index (χ3n) is 2.95. The van der Waals surface area contributed by atoms with E-state index in [1.165, 1.54) is 22.3 Å². The molecule has 0 amide bonds. The molecule has 0 bridgehead atoms. The van der Waals surface area contributed by atoms with Crippen molar-refractivity contribution < 1.29 is 0 Å². The minimum absolute atomic E-state index is 1.11. The summed E-state index contributed by atoms with van der Waals surface area (Å²) in [5.74, 6) is 0. The molecular weight excluding hydrogens is 204 g/mol. The van der Waals surface area contributed by atoms with Crippen molar-refractivity contribution in [3.8, 4) is 0 Å². The van der Waals surface area contributed by atoms with Gasteiger partial charge in [0, 0.05) is 0 Å². The smallest absolute Gasteiger partial charge is 0.0241 e. The van der Waals surface area contributed by atoms with E-state index < -0.39 is 0 Å². The molecule has 0 saturated heterocycles. The highest BCUT2D eigenvalue weighted by Crippen LogP contribution is 2.12. The Morgan fingerprint density at radius 2 is 1.82 bits per heavy atom. The van der Waals surface area contributed by atoms with Crippen LogP contribution in [0.1, 0.15) is 38.3 Å². The fraction of sp³-hybridized carbons (Fsp3) is 0.294. The van der Waals surface area contributed by atoms with Gasteiger partial charge in [-0.3, -0.25) is 0 Å². The van der Waals surface area contributed by atoms with Crippen molar-refractivity contribution in [3.05, 3.63) is 65.3 Å². The summed E-state index contributed by atoms with van der Waals surface area (Å²) >= 11 is 0. The van der Waals surface area contributed by atoms with Crippen molar-refractivity contribution >= 4 is 6.08 Å². The minimum Gasteiger partial charge on any atom is -0.0985 e. The molecule has 90 valence electrons.